The first-order chi connectivity index (χ1) is 9.06. The standard InChI is InChI=1S/C15H23NO3/c1-12(17)7-9-16(2)10-8-13-5-6-14(18-3)11-15(13)19-4/h5-6,11H,7-10H2,1-4H3. The summed E-state index contributed by atoms with van der Waals surface area (Å²) in [6, 6.07) is 5.86. The molecule has 1 aromatic carbocycles. The third kappa shape index (κ3) is 5.30. The van der Waals surface area contributed by atoms with Gasteiger partial charge in [-0.2, -0.15) is 0 Å². The van der Waals surface area contributed by atoms with Crippen LogP contribution in [0.15, 0.2) is 18.2 Å². The zero-order chi connectivity index (χ0) is 14.3. The quantitative estimate of drug-likeness (QED) is 0.722. The van der Waals surface area contributed by atoms with Gasteiger partial charge in [-0.25, -0.2) is 0 Å². The average molecular weight is 265 g/mol. The second kappa shape index (κ2) is 7.79. The topological polar surface area (TPSA) is 38.8 Å². The lowest BCUT2D eigenvalue weighted by molar-refractivity contribution is -0.117. The Kier molecular flexibility index (Phi) is 6.36. The molecule has 1 aromatic rings. The molecule has 0 spiro atoms. The van der Waals surface area contributed by atoms with E-state index in [1.807, 2.05) is 25.2 Å². The van der Waals surface area contributed by atoms with E-state index in [9.17, 15) is 4.79 Å². The van der Waals surface area contributed by atoms with E-state index in [1.54, 1.807) is 21.1 Å². The van der Waals surface area contributed by atoms with E-state index in [2.05, 4.69) is 4.90 Å². The van der Waals surface area contributed by atoms with Gasteiger partial charge >= 0.3 is 0 Å². The molecule has 0 aliphatic heterocycles. The molecule has 0 radical (unpaired) electrons. The van der Waals surface area contributed by atoms with Crippen molar-refractivity contribution in [2.75, 3.05) is 34.4 Å². The Morgan fingerprint density at radius 3 is 2.53 bits per heavy atom. The van der Waals surface area contributed by atoms with Gasteiger partial charge in [0.05, 0.1) is 14.2 Å². The first-order valence-electron chi connectivity index (χ1n) is 6.45. The maximum Gasteiger partial charge on any atom is 0.131 e. The largest absolute Gasteiger partial charge is 0.497 e. The van der Waals surface area contributed by atoms with Crippen LogP contribution in [0.2, 0.25) is 0 Å². The maximum absolute atomic E-state index is 10.9. The Bertz CT molecular complexity index is 418. The van der Waals surface area contributed by atoms with Crippen LogP contribution in [0.1, 0.15) is 18.9 Å². The van der Waals surface area contributed by atoms with Crippen molar-refractivity contribution >= 4 is 5.78 Å². The number of hydrogen-bond donors (Lipinski definition) is 0. The Balaban J connectivity index is 2.54. The van der Waals surface area contributed by atoms with Crippen molar-refractivity contribution in [1.29, 1.82) is 0 Å². The predicted molar refractivity (Wildman–Crippen MR) is 76.0 cm³/mol. The van der Waals surface area contributed by atoms with Crippen molar-refractivity contribution in [3.63, 3.8) is 0 Å². The lowest BCUT2D eigenvalue weighted by atomic mass is 10.1. The normalized spacial score (nSPS) is 10.6. The molecule has 4 nitrogen and oxygen atoms in total. The molecule has 0 aliphatic rings. The first-order valence-corrected chi connectivity index (χ1v) is 6.45. The fraction of sp³-hybridized carbons (Fsp3) is 0.533. The van der Waals surface area contributed by atoms with Gasteiger partial charge in [-0.05, 0) is 32.0 Å². The van der Waals surface area contributed by atoms with Gasteiger partial charge < -0.3 is 14.4 Å². The molecule has 0 saturated carbocycles. The van der Waals surface area contributed by atoms with Crippen LogP contribution in [0.3, 0.4) is 0 Å². The highest BCUT2D eigenvalue weighted by Crippen LogP contribution is 2.24. The highest BCUT2D eigenvalue weighted by molar-refractivity contribution is 5.75. The molecule has 0 saturated heterocycles. The number of rotatable bonds is 8. The van der Waals surface area contributed by atoms with Crippen LogP contribution >= 0.6 is 0 Å². The molecule has 0 unspecified atom stereocenters. The summed E-state index contributed by atoms with van der Waals surface area (Å²) in [6.45, 7) is 3.32. The molecule has 0 N–H and O–H groups in total. The van der Waals surface area contributed by atoms with Crippen LogP contribution in [-0.2, 0) is 11.2 Å². The van der Waals surface area contributed by atoms with Gasteiger partial charge in [0.25, 0.3) is 0 Å². The molecule has 4 heteroatoms. The van der Waals surface area contributed by atoms with Crippen LogP contribution < -0.4 is 9.47 Å². The van der Waals surface area contributed by atoms with E-state index in [4.69, 9.17) is 9.47 Å². The van der Waals surface area contributed by atoms with Crippen molar-refractivity contribution in [2.24, 2.45) is 0 Å². The zero-order valence-corrected chi connectivity index (χ0v) is 12.2. The third-order valence-electron chi connectivity index (χ3n) is 3.10. The maximum atomic E-state index is 10.9. The molecule has 0 amide bonds. The fourth-order valence-electron chi connectivity index (χ4n) is 1.83. The summed E-state index contributed by atoms with van der Waals surface area (Å²) in [5, 5.41) is 0. The molecule has 0 fully saturated rings. The Morgan fingerprint density at radius 1 is 1.21 bits per heavy atom. The van der Waals surface area contributed by atoms with Crippen LogP contribution in [0.25, 0.3) is 0 Å². The van der Waals surface area contributed by atoms with Crippen LogP contribution in [0.5, 0.6) is 11.5 Å². The summed E-state index contributed by atoms with van der Waals surface area (Å²) in [6.07, 6.45) is 1.50. The van der Waals surface area contributed by atoms with Gasteiger partial charge in [0, 0.05) is 25.6 Å². The van der Waals surface area contributed by atoms with Crippen molar-refractivity contribution < 1.29 is 14.3 Å². The van der Waals surface area contributed by atoms with E-state index >= 15 is 0 Å². The van der Waals surface area contributed by atoms with E-state index in [-0.39, 0.29) is 5.78 Å². The highest BCUT2D eigenvalue weighted by atomic mass is 16.5. The van der Waals surface area contributed by atoms with Gasteiger partial charge in [0.2, 0.25) is 0 Å². The summed E-state index contributed by atoms with van der Waals surface area (Å²) in [5.41, 5.74) is 1.15. The Morgan fingerprint density at radius 2 is 1.95 bits per heavy atom. The predicted octanol–water partition coefficient (Wildman–Crippen LogP) is 2.16. The van der Waals surface area contributed by atoms with E-state index in [1.165, 1.54) is 0 Å². The smallest absolute Gasteiger partial charge is 0.131 e. The number of methoxy groups -OCH3 is 2. The number of nitrogens with zero attached hydrogens (tertiary/aromatic N) is 1. The molecule has 0 aromatic heterocycles. The van der Waals surface area contributed by atoms with Crippen LogP contribution in [0.4, 0.5) is 0 Å². The number of carbonyl (C=O) groups excluding carboxylic acids is 1. The number of benzene rings is 1. The number of likely N-dealkylation sites (N-methyl/N-ethyl adjacent to an activating group) is 1. The minimum absolute atomic E-state index is 0.230. The van der Waals surface area contributed by atoms with Crippen molar-refractivity contribution in [1.82, 2.24) is 4.90 Å². The lowest BCUT2D eigenvalue weighted by Crippen LogP contribution is -2.23. The monoisotopic (exact) mass is 265 g/mol. The number of hydrogen-bond acceptors (Lipinski definition) is 4. The summed E-state index contributed by atoms with van der Waals surface area (Å²) in [4.78, 5) is 13.1. The van der Waals surface area contributed by atoms with Gasteiger partial charge in [-0.3, -0.25) is 4.79 Å². The molecule has 0 atom stereocenters. The van der Waals surface area contributed by atoms with E-state index in [0.29, 0.717) is 6.42 Å². The molecule has 0 aliphatic carbocycles. The number of Topliss-reactive ketones (excluding diaryl/α,β-unsaturated/α-hetero) is 1. The van der Waals surface area contributed by atoms with E-state index < -0.39 is 0 Å². The zero-order valence-electron chi connectivity index (χ0n) is 12.2. The van der Waals surface area contributed by atoms with Crippen molar-refractivity contribution in [2.45, 2.75) is 19.8 Å². The molecular weight excluding hydrogens is 242 g/mol. The first kappa shape index (κ1) is 15.5. The number of carbonyl (C=O) groups is 1. The minimum atomic E-state index is 0.230. The fourth-order valence-corrected chi connectivity index (χ4v) is 1.83. The molecular formula is C15H23NO3. The molecule has 19 heavy (non-hydrogen) atoms. The number of ketones is 1. The van der Waals surface area contributed by atoms with Gasteiger partial charge in [-0.15, -0.1) is 0 Å². The van der Waals surface area contributed by atoms with Gasteiger partial charge in [0.15, 0.2) is 0 Å². The Hall–Kier alpha value is -1.55. The molecule has 0 heterocycles. The second-order valence-electron chi connectivity index (χ2n) is 4.68. The summed E-state index contributed by atoms with van der Waals surface area (Å²) in [7, 11) is 5.33. The summed E-state index contributed by atoms with van der Waals surface area (Å²) in [5.74, 6) is 1.87. The highest BCUT2D eigenvalue weighted by Gasteiger charge is 2.07. The summed E-state index contributed by atoms with van der Waals surface area (Å²) < 4.78 is 10.5. The Labute approximate surface area is 115 Å². The van der Waals surface area contributed by atoms with Crippen LogP contribution in [0, 0.1) is 0 Å². The van der Waals surface area contributed by atoms with Crippen LogP contribution in [-0.4, -0.2) is 45.0 Å². The second-order valence-corrected chi connectivity index (χ2v) is 4.68. The van der Waals surface area contributed by atoms with Crippen molar-refractivity contribution in [3.8, 4) is 11.5 Å². The molecule has 106 valence electrons. The minimum Gasteiger partial charge on any atom is -0.497 e. The molecule has 0 bridgehead atoms. The summed E-state index contributed by atoms with van der Waals surface area (Å²) >= 11 is 0. The average Bonchev–Trinajstić information content (AvgIpc) is 2.42. The van der Waals surface area contributed by atoms with Gasteiger partial charge in [-0.1, -0.05) is 6.07 Å². The van der Waals surface area contributed by atoms with Gasteiger partial charge in [0.1, 0.15) is 17.3 Å². The third-order valence-corrected chi connectivity index (χ3v) is 3.10. The lowest BCUT2D eigenvalue weighted by Gasteiger charge is -2.17. The van der Waals surface area contributed by atoms with Crippen molar-refractivity contribution in [3.05, 3.63) is 23.8 Å². The SMILES string of the molecule is COc1ccc(CCN(C)CCC(C)=O)c(OC)c1. The van der Waals surface area contributed by atoms with E-state index in [0.717, 1.165) is 36.6 Å². The molecule has 1 rings (SSSR count). The number of ether oxygens (including phenoxy) is 2.